The summed E-state index contributed by atoms with van der Waals surface area (Å²) in [4.78, 5) is 26.4. The fourth-order valence-corrected chi connectivity index (χ4v) is 3.98. The van der Waals surface area contributed by atoms with Crippen molar-refractivity contribution in [2.45, 2.75) is 43.7 Å². The Bertz CT molecular complexity index is 803. The first-order valence-corrected chi connectivity index (χ1v) is 11.3. The second kappa shape index (κ2) is 12.3. The predicted molar refractivity (Wildman–Crippen MR) is 117 cm³/mol. The SMILES string of the molecule is O=C(CN1CCOCC1)NCC[C@@H]1CC[C@@H](NC(=O)Nc2ccc(C(F)(F)F)cc2)[C@H](CO)O1. The maximum Gasteiger partial charge on any atom is 0.416 e. The van der Waals surface area contributed by atoms with Crippen LogP contribution in [0.2, 0.25) is 0 Å². The van der Waals surface area contributed by atoms with Crippen LogP contribution in [0.5, 0.6) is 0 Å². The average molecular weight is 489 g/mol. The normalized spacial score (nSPS) is 23.8. The first-order chi connectivity index (χ1) is 16.2. The molecule has 2 heterocycles. The van der Waals surface area contributed by atoms with Crippen molar-refractivity contribution in [1.29, 1.82) is 0 Å². The molecule has 12 heteroatoms. The van der Waals surface area contributed by atoms with E-state index >= 15 is 0 Å². The van der Waals surface area contributed by atoms with Crippen LogP contribution in [0.25, 0.3) is 0 Å². The van der Waals surface area contributed by atoms with E-state index in [1.165, 1.54) is 12.1 Å². The Hall–Kier alpha value is -2.41. The summed E-state index contributed by atoms with van der Waals surface area (Å²) in [7, 11) is 0. The van der Waals surface area contributed by atoms with Crippen molar-refractivity contribution in [1.82, 2.24) is 15.5 Å². The minimum absolute atomic E-state index is 0.0594. The summed E-state index contributed by atoms with van der Waals surface area (Å²) in [6, 6.07) is 3.08. The molecule has 2 saturated heterocycles. The van der Waals surface area contributed by atoms with Crippen molar-refractivity contribution in [2.75, 3.05) is 51.3 Å². The van der Waals surface area contributed by atoms with E-state index in [2.05, 4.69) is 16.0 Å². The number of alkyl halides is 3. The smallest absolute Gasteiger partial charge is 0.394 e. The van der Waals surface area contributed by atoms with Gasteiger partial charge in [0.2, 0.25) is 5.91 Å². The third-order valence-corrected chi connectivity index (χ3v) is 5.84. The van der Waals surface area contributed by atoms with Gasteiger partial charge in [-0.1, -0.05) is 0 Å². The molecule has 0 saturated carbocycles. The number of aliphatic hydroxyl groups is 1. The van der Waals surface area contributed by atoms with E-state index in [-0.39, 0.29) is 24.3 Å². The van der Waals surface area contributed by atoms with Crippen LogP contribution in [0.3, 0.4) is 0 Å². The molecule has 4 N–H and O–H groups in total. The Kier molecular flexibility index (Phi) is 9.51. The minimum atomic E-state index is -4.45. The van der Waals surface area contributed by atoms with Crippen LogP contribution in [0, 0.1) is 0 Å². The number of hydrogen-bond donors (Lipinski definition) is 4. The Morgan fingerprint density at radius 1 is 1.12 bits per heavy atom. The number of ether oxygens (including phenoxy) is 2. The van der Waals surface area contributed by atoms with Crippen molar-refractivity contribution in [3.63, 3.8) is 0 Å². The average Bonchev–Trinajstić information content (AvgIpc) is 2.80. The number of urea groups is 1. The van der Waals surface area contributed by atoms with E-state index < -0.39 is 29.9 Å². The van der Waals surface area contributed by atoms with E-state index in [0.717, 1.165) is 25.2 Å². The van der Waals surface area contributed by atoms with Crippen molar-refractivity contribution >= 4 is 17.6 Å². The quantitative estimate of drug-likeness (QED) is 0.442. The molecule has 1 aromatic rings. The fraction of sp³-hybridized carbons (Fsp3) is 0.636. The molecule has 0 bridgehead atoms. The molecule has 34 heavy (non-hydrogen) atoms. The zero-order chi connectivity index (χ0) is 24.6. The molecule has 0 spiro atoms. The molecule has 2 aliphatic rings. The highest BCUT2D eigenvalue weighted by Crippen LogP contribution is 2.29. The van der Waals surface area contributed by atoms with Gasteiger partial charge in [-0.25, -0.2) is 4.79 Å². The molecular weight excluding hydrogens is 457 g/mol. The molecule has 0 radical (unpaired) electrons. The van der Waals surface area contributed by atoms with Crippen molar-refractivity contribution in [2.24, 2.45) is 0 Å². The van der Waals surface area contributed by atoms with E-state index in [1.54, 1.807) is 0 Å². The lowest BCUT2D eigenvalue weighted by atomic mass is 9.97. The standard InChI is InChI=1S/C22H31F3N4O5/c23-22(24,25)15-1-3-16(4-2-15)27-21(32)28-18-6-5-17(34-19(18)14-30)7-8-26-20(31)13-29-9-11-33-12-10-29/h1-4,17-19,30H,5-14H2,(H,26,31)(H2,27,28,32)/t17-,18+,19-/m0/s1. The van der Waals surface area contributed by atoms with Gasteiger partial charge in [0.05, 0.1) is 44.1 Å². The molecule has 190 valence electrons. The first kappa shape index (κ1) is 26.2. The highest BCUT2D eigenvalue weighted by Gasteiger charge is 2.32. The lowest BCUT2D eigenvalue weighted by Crippen LogP contribution is -2.52. The lowest BCUT2D eigenvalue weighted by molar-refractivity contribution is -0.137. The van der Waals surface area contributed by atoms with Gasteiger partial charge in [0.25, 0.3) is 0 Å². The number of aliphatic hydroxyl groups excluding tert-OH is 1. The van der Waals surface area contributed by atoms with Crippen LogP contribution in [-0.4, -0.2) is 86.2 Å². The molecule has 1 aromatic carbocycles. The number of carbonyl (C=O) groups is 2. The Morgan fingerprint density at radius 2 is 1.82 bits per heavy atom. The fourth-order valence-electron chi connectivity index (χ4n) is 3.98. The van der Waals surface area contributed by atoms with Gasteiger partial charge in [-0.2, -0.15) is 13.2 Å². The summed E-state index contributed by atoms with van der Waals surface area (Å²) < 4.78 is 49.1. The van der Waals surface area contributed by atoms with Crippen LogP contribution >= 0.6 is 0 Å². The molecule has 0 aliphatic carbocycles. The molecule has 0 unspecified atom stereocenters. The van der Waals surface area contributed by atoms with Gasteiger partial charge in [-0.15, -0.1) is 0 Å². The summed E-state index contributed by atoms with van der Waals surface area (Å²) in [5, 5.41) is 17.8. The number of hydrogen-bond acceptors (Lipinski definition) is 6. The summed E-state index contributed by atoms with van der Waals surface area (Å²) in [6.45, 7) is 3.20. The number of nitrogens with zero attached hydrogens (tertiary/aromatic N) is 1. The molecule has 3 rings (SSSR count). The number of rotatable bonds is 8. The number of benzene rings is 1. The van der Waals surface area contributed by atoms with E-state index in [1.807, 2.05) is 4.90 Å². The maximum atomic E-state index is 12.7. The van der Waals surface area contributed by atoms with E-state index in [9.17, 15) is 27.9 Å². The monoisotopic (exact) mass is 488 g/mol. The van der Waals surface area contributed by atoms with Gasteiger partial charge >= 0.3 is 12.2 Å². The lowest BCUT2D eigenvalue weighted by Gasteiger charge is -2.36. The third kappa shape index (κ3) is 8.12. The molecular formula is C22H31F3N4O5. The van der Waals surface area contributed by atoms with Gasteiger partial charge in [-0.05, 0) is 43.5 Å². The number of carbonyl (C=O) groups excluding carboxylic acids is 2. The Balaban J connectivity index is 1.38. The molecule has 2 aliphatic heterocycles. The highest BCUT2D eigenvalue weighted by molar-refractivity contribution is 5.89. The number of amides is 3. The minimum Gasteiger partial charge on any atom is -0.394 e. The molecule has 2 fully saturated rings. The number of nitrogens with one attached hydrogen (secondary N) is 3. The van der Waals surface area contributed by atoms with Gasteiger partial charge in [-0.3, -0.25) is 9.69 Å². The van der Waals surface area contributed by atoms with Crippen LogP contribution < -0.4 is 16.0 Å². The van der Waals surface area contributed by atoms with Crippen LogP contribution in [0.4, 0.5) is 23.7 Å². The molecule has 3 atom stereocenters. The summed E-state index contributed by atoms with van der Waals surface area (Å²) in [5.41, 5.74) is -0.587. The number of halogens is 3. The second-order valence-corrected chi connectivity index (χ2v) is 8.36. The molecule has 9 nitrogen and oxygen atoms in total. The van der Waals surface area contributed by atoms with Gasteiger partial charge in [0.15, 0.2) is 0 Å². The summed E-state index contributed by atoms with van der Waals surface area (Å²) in [5.74, 6) is -0.0594. The van der Waals surface area contributed by atoms with Crippen LogP contribution in [-0.2, 0) is 20.4 Å². The van der Waals surface area contributed by atoms with Gasteiger partial charge in [0.1, 0.15) is 6.10 Å². The van der Waals surface area contributed by atoms with Crippen molar-refractivity contribution in [3.8, 4) is 0 Å². The zero-order valence-corrected chi connectivity index (χ0v) is 18.8. The van der Waals surface area contributed by atoms with Crippen molar-refractivity contribution < 1.29 is 37.3 Å². The predicted octanol–water partition coefficient (Wildman–Crippen LogP) is 1.57. The maximum absolute atomic E-state index is 12.7. The third-order valence-electron chi connectivity index (χ3n) is 5.84. The number of morpholine rings is 1. The zero-order valence-electron chi connectivity index (χ0n) is 18.8. The topological polar surface area (TPSA) is 112 Å². The largest absolute Gasteiger partial charge is 0.416 e. The highest BCUT2D eigenvalue weighted by atomic mass is 19.4. The van der Waals surface area contributed by atoms with E-state index in [0.29, 0.717) is 45.6 Å². The molecule has 0 aromatic heterocycles. The number of anilines is 1. The Labute approximate surface area is 196 Å². The van der Waals surface area contributed by atoms with Gasteiger partial charge in [0, 0.05) is 25.3 Å². The van der Waals surface area contributed by atoms with Crippen LogP contribution in [0.15, 0.2) is 24.3 Å². The van der Waals surface area contributed by atoms with Crippen molar-refractivity contribution in [3.05, 3.63) is 29.8 Å². The summed E-state index contributed by atoms with van der Waals surface area (Å²) in [6.07, 6.45) is -3.48. The second-order valence-electron chi connectivity index (χ2n) is 8.36. The summed E-state index contributed by atoms with van der Waals surface area (Å²) >= 11 is 0. The van der Waals surface area contributed by atoms with Crippen LogP contribution in [0.1, 0.15) is 24.8 Å². The van der Waals surface area contributed by atoms with Gasteiger partial charge < -0.3 is 30.5 Å². The Morgan fingerprint density at radius 3 is 2.47 bits per heavy atom. The molecule has 3 amide bonds. The first-order valence-electron chi connectivity index (χ1n) is 11.3. The van der Waals surface area contributed by atoms with E-state index in [4.69, 9.17) is 9.47 Å².